The highest BCUT2D eigenvalue weighted by atomic mass is 35.5. The largest absolute Gasteiger partial charge is 0.407 e. The van der Waals surface area contributed by atoms with Gasteiger partial charge in [-0.05, 0) is 24.7 Å². The predicted molar refractivity (Wildman–Crippen MR) is 85.2 cm³/mol. The fourth-order valence-corrected chi connectivity index (χ4v) is 3.57. The van der Waals surface area contributed by atoms with Gasteiger partial charge in [0.1, 0.15) is 0 Å². The summed E-state index contributed by atoms with van der Waals surface area (Å²) < 4.78 is 16.0. The van der Waals surface area contributed by atoms with Crippen molar-refractivity contribution in [1.29, 1.82) is 0 Å². The van der Waals surface area contributed by atoms with Crippen molar-refractivity contribution in [2.24, 2.45) is 17.8 Å². The number of halogens is 1. The van der Waals surface area contributed by atoms with Gasteiger partial charge in [0.25, 0.3) is 0 Å². The molecule has 2 aliphatic rings. The molecule has 1 saturated heterocycles. The number of carbonyl (C=O) groups excluding carboxylic acids is 1. The van der Waals surface area contributed by atoms with E-state index in [0.717, 1.165) is 17.5 Å². The zero-order valence-corrected chi connectivity index (χ0v) is 14.1. The number of hydrogen-bond acceptors (Lipinski definition) is 4. The third kappa shape index (κ3) is 5.56. The van der Waals surface area contributed by atoms with Crippen LogP contribution in [0.15, 0.2) is 11.6 Å². The summed E-state index contributed by atoms with van der Waals surface area (Å²) in [5.41, 5.74) is 1.12. The molecule has 0 aromatic carbocycles. The van der Waals surface area contributed by atoms with E-state index in [1.807, 2.05) is 0 Å². The maximum atomic E-state index is 11.3. The van der Waals surface area contributed by atoms with Gasteiger partial charge in [-0.3, -0.25) is 0 Å². The van der Waals surface area contributed by atoms with Gasteiger partial charge in [-0.15, -0.1) is 0 Å². The molecule has 0 atom stereocenters. The lowest BCUT2D eigenvalue weighted by Crippen LogP contribution is -2.39. The fraction of sp³-hybridized carbons (Fsp3) is 0.824. The molecule has 1 aliphatic heterocycles. The van der Waals surface area contributed by atoms with Crippen molar-refractivity contribution in [1.82, 2.24) is 0 Å². The predicted octanol–water partition coefficient (Wildman–Crippen LogP) is 4.23. The first-order valence-corrected chi connectivity index (χ1v) is 8.87. The van der Waals surface area contributed by atoms with Gasteiger partial charge < -0.3 is 14.2 Å². The first-order valence-electron chi connectivity index (χ1n) is 8.43. The van der Waals surface area contributed by atoms with Crippen LogP contribution in [-0.4, -0.2) is 25.7 Å². The maximum absolute atomic E-state index is 11.3. The topological polar surface area (TPSA) is 44.8 Å². The minimum atomic E-state index is -0.891. The van der Waals surface area contributed by atoms with Crippen LogP contribution in [-0.2, 0) is 19.0 Å². The van der Waals surface area contributed by atoms with Gasteiger partial charge in [-0.1, -0.05) is 50.6 Å². The van der Waals surface area contributed by atoms with Gasteiger partial charge >= 0.3 is 12.4 Å². The van der Waals surface area contributed by atoms with E-state index in [1.54, 1.807) is 0 Å². The van der Waals surface area contributed by atoms with E-state index in [-0.39, 0.29) is 0 Å². The summed E-state index contributed by atoms with van der Waals surface area (Å²) in [5.74, 6) is 1.47. The molecular formula is C17H27ClO4. The Morgan fingerprint density at radius 2 is 1.86 bits per heavy atom. The molecule has 0 aromatic rings. The van der Waals surface area contributed by atoms with E-state index in [9.17, 15) is 4.79 Å². The molecular weight excluding hydrogens is 304 g/mol. The van der Waals surface area contributed by atoms with E-state index in [0.29, 0.717) is 25.0 Å². The summed E-state index contributed by atoms with van der Waals surface area (Å²) in [6, 6.07) is 0. The molecule has 2 fully saturated rings. The summed E-state index contributed by atoms with van der Waals surface area (Å²) in [5, 5.41) is 0. The van der Waals surface area contributed by atoms with Crippen LogP contribution < -0.4 is 0 Å². The summed E-state index contributed by atoms with van der Waals surface area (Å²) in [4.78, 5) is 11.3. The highest BCUT2D eigenvalue weighted by molar-refractivity contribution is 6.26. The summed E-state index contributed by atoms with van der Waals surface area (Å²) in [6.07, 6.45) is 10.4. The summed E-state index contributed by atoms with van der Waals surface area (Å²) in [6.45, 7) is 2.58. The molecule has 0 N–H and O–H groups in total. The zero-order valence-electron chi connectivity index (χ0n) is 13.3. The molecule has 1 saturated carbocycles. The van der Waals surface area contributed by atoms with E-state index in [4.69, 9.17) is 25.8 Å². The van der Waals surface area contributed by atoms with Crippen molar-refractivity contribution < 1.29 is 19.0 Å². The lowest BCUT2D eigenvalue weighted by Gasteiger charge is -2.37. The van der Waals surface area contributed by atoms with E-state index >= 15 is 0 Å². The number of rotatable bonds is 6. The quantitative estimate of drug-likeness (QED) is 0.540. The third-order valence-electron chi connectivity index (χ3n) is 4.83. The Bertz CT molecular complexity index is 356. The van der Waals surface area contributed by atoms with Crippen LogP contribution >= 0.6 is 11.6 Å². The van der Waals surface area contributed by atoms with E-state index in [1.165, 1.54) is 44.9 Å². The van der Waals surface area contributed by atoms with E-state index < -0.39 is 12.4 Å². The van der Waals surface area contributed by atoms with Gasteiger partial charge in [0.05, 0.1) is 13.2 Å². The Kier molecular flexibility index (Phi) is 7.70. The standard InChI is InChI=1S/C17H27ClO4/c1-2-3-4-13-5-7-14(8-6-13)15-11-20-17(21-12-15)22-16(19)9-10-18/h9-10,13-15,17H,2-8,11-12H2,1H3/b10-9+. The van der Waals surface area contributed by atoms with Crippen molar-refractivity contribution in [3.8, 4) is 0 Å². The SMILES string of the molecule is CCCCC1CCC(C2COC(OC(=O)/C=C/Cl)OC2)CC1. The van der Waals surface area contributed by atoms with Crippen LogP contribution in [0.1, 0.15) is 51.9 Å². The van der Waals surface area contributed by atoms with Gasteiger partial charge in [-0.2, -0.15) is 0 Å². The first-order chi connectivity index (χ1) is 10.7. The molecule has 0 aromatic heterocycles. The van der Waals surface area contributed by atoms with Crippen LogP contribution in [0.25, 0.3) is 0 Å². The second-order valence-corrected chi connectivity index (χ2v) is 6.62. The van der Waals surface area contributed by atoms with Crippen LogP contribution in [0, 0.1) is 17.8 Å². The summed E-state index contributed by atoms with van der Waals surface area (Å²) in [7, 11) is 0. The monoisotopic (exact) mass is 330 g/mol. The highest BCUT2D eigenvalue weighted by Gasteiger charge is 2.32. The Morgan fingerprint density at radius 3 is 2.45 bits per heavy atom. The average molecular weight is 331 g/mol. The molecule has 22 heavy (non-hydrogen) atoms. The molecule has 1 aliphatic carbocycles. The smallest absolute Gasteiger partial charge is 0.335 e. The van der Waals surface area contributed by atoms with Gasteiger partial charge in [0.2, 0.25) is 0 Å². The second-order valence-electron chi connectivity index (χ2n) is 6.37. The molecule has 126 valence electrons. The van der Waals surface area contributed by atoms with Crippen LogP contribution in [0.4, 0.5) is 0 Å². The van der Waals surface area contributed by atoms with Gasteiger partial charge in [0, 0.05) is 17.5 Å². The Labute approximate surface area is 138 Å². The second kappa shape index (κ2) is 9.53. The third-order valence-corrected chi connectivity index (χ3v) is 4.95. The molecule has 0 amide bonds. The van der Waals surface area contributed by atoms with Crippen molar-refractivity contribution >= 4 is 17.6 Å². The molecule has 2 rings (SSSR count). The van der Waals surface area contributed by atoms with Crippen molar-refractivity contribution in [2.75, 3.05) is 13.2 Å². The first kappa shape index (κ1) is 17.8. The Morgan fingerprint density at radius 1 is 1.18 bits per heavy atom. The number of ether oxygens (including phenoxy) is 3. The van der Waals surface area contributed by atoms with Crippen molar-refractivity contribution in [3.05, 3.63) is 11.6 Å². The molecule has 4 nitrogen and oxygen atoms in total. The van der Waals surface area contributed by atoms with Gasteiger partial charge in [0.15, 0.2) is 0 Å². The van der Waals surface area contributed by atoms with Crippen LogP contribution in [0.5, 0.6) is 0 Å². The normalized spacial score (nSPS) is 33.0. The highest BCUT2D eigenvalue weighted by Crippen LogP contribution is 2.37. The molecule has 0 bridgehead atoms. The lowest BCUT2D eigenvalue weighted by molar-refractivity contribution is -0.311. The minimum absolute atomic E-state index is 0.422. The average Bonchev–Trinajstić information content (AvgIpc) is 2.54. The fourth-order valence-electron chi connectivity index (χ4n) is 3.47. The molecule has 0 spiro atoms. The number of unbranched alkanes of at least 4 members (excludes halogenated alkanes) is 1. The Balaban J connectivity index is 1.66. The van der Waals surface area contributed by atoms with Crippen molar-refractivity contribution in [2.45, 2.75) is 58.3 Å². The lowest BCUT2D eigenvalue weighted by atomic mass is 9.75. The molecule has 1 heterocycles. The number of esters is 1. The number of carbonyl (C=O) groups is 1. The maximum Gasteiger partial charge on any atom is 0.335 e. The van der Waals surface area contributed by atoms with E-state index in [2.05, 4.69) is 6.92 Å². The van der Waals surface area contributed by atoms with Crippen LogP contribution in [0.2, 0.25) is 0 Å². The number of hydrogen-bond donors (Lipinski definition) is 0. The Hall–Kier alpha value is -0.580. The molecule has 0 radical (unpaired) electrons. The van der Waals surface area contributed by atoms with Crippen LogP contribution in [0.3, 0.4) is 0 Å². The van der Waals surface area contributed by atoms with Crippen molar-refractivity contribution in [3.63, 3.8) is 0 Å². The summed E-state index contributed by atoms with van der Waals surface area (Å²) >= 11 is 5.32. The minimum Gasteiger partial charge on any atom is -0.407 e. The van der Waals surface area contributed by atoms with Gasteiger partial charge in [-0.25, -0.2) is 4.79 Å². The zero-order chi connectivity index (χ0) is 15.8. The molecule has 5 heteroatoms. The molecule has 0 unspecified atom stereocenters.